The third-order valence-corrected chi connectivity index (χ3v) is 2.28. The highest BCUT2D eigenvalue weighted by Gasteiger charge is 2.31. The summed E-state index contributed by atoms with van der Waals surface area (Å²) in [5.74, 6) is -1.41. The zero-order chi connectivity index (χ0) is 14.6. The van der Waals surface area contributed by atoms with Gasteiger partial charge in [0.05, 0.1) is 11.1 Å². The second-order valence-corrected chi connectivity index (χ2v) is 3.77. The Morgan fingerprint density at radius 3 is 2.42 bits per heavy atom. The number of rotatable bonds is 4. The molecular weight excluding hydrogens is 263 g/mol. The topological polar surface area (TPSA) is 98.2 Å². The van der Waals surface area contributed by atoms with Crippen LogP contribution in [0.15, 0.2) is 18.2 Å². The summed E-state index contributed by atoms with van der Waals surface area (Å²) >= 11 is 0. The number of halogens is 3. The normalized spacial score (nSPS) is 11.1. The molecule has 0 aliphatic carbocycles. The maximum Gasteiger partial charge on any atom is 0.416 e. The summed E-state index contributed by atoms with van der Waals surface area (Å²) in [5, 5.41) is 2.26. The Morgan fingerprint density at radius 1 is 1.26 bits per heavy atom. The van der Waals surface area contributed by atoms with Crippen molar-refractivity contribution in [1.29, 1.82) is 0 Å². The number of amides is 2. The van der Waals surface area contributed by atoms with Crippen LogP contribution < -0.4 is 16.8 Å². The van der Waals surface area contributed by atoms with Gasteiger partial charge in [0, 0.05) is 18.7 Å². The largest absolute Gasteiger partial charge is 0.416 e. The zero-order valence-electron chi connectivity index (χ0n) is 9.75. The summed E-state index contributed by atoms with van der Waals surface area (Å²) in [6.45, 7) is -0.0656. The van der Waals surface area contributed by atoms with Crippen molar-refractivity contribution in [2.45, 2.75) is 12.6 Å². The first-order valence-electron chi connectivity index (χ1n) is 5.25. The molecule has 0 unspecified atom stereocenters. The molecule has 0 aromatic heterocycles. The van der Waals surface area contributed by atoms with Gasteiger partial charge in [-0.15, -0.1) is 0 Å². The van der Waals surface area contributed by atoms with Gasteiger partial charge in [-0.3, -0.25) is 9.59 Å². The van der Waals surface area contributed by atoms with Gasteiger partial charge in [0.25, 0.3) is 5.91 Å². The molecule has 1 rings (SSSR count). The lowest BCUT2D eigenvalue weighted by Crippen LogP contribution is -2.28. The molecule has 5 nitrogen and oxygen atoms in total. The Labute approximate surface area is 106 Å². The van der Waals surface area contributed by atoms with E-state index in [4.69, 9.17) is 11.5 Å². The summed E-state index contributed by atoms with van der Waals surface area (Å²) in [6, 6.07) is 2.45. The summed E-state index contributed by atoms with van der Waals surface area (Å²) < 4.78 is 37.5. The van der Waals surface area contributed by atoms with E-state index in [1.54, 1.807) is 0 Å². The fourth-order valence-corrected chi connectivity index (χ4v) is 1.32. The molecule has 0 bridgehead atoms. The van der Waals surface area contributed by atoms with Crippen molar-refractivity contribution < 1.29 is 22.8 Å². The average molecular weight is 275 g/mol. The predicted molar refractivity (Wildman–Crippen MR) is 62.0 cm³/mol. The van der Waals surface area contributed by atoms with Crippen LogP contribution in [0.4, 0.5) is 18.9 Å². The number of hydrogen-bond donors (Lipinski definition) is 3. The fourth-order valence-electron chi connectivity index (χ4n) is 1.32. The van der Waals surface area contributed by atoms with Crippen molar-refractivity contribution in [1.82, 2.24) is 5.32 Å². The van der Waals surface area contributed by atoms with Crippen LogP contribution >= 0.6 is 0 Å². The van der Waals surface area contributed by atoms with Crippen LogP contribution in [0, 0.1) is 0 Å². The number of nitrogen functional groups attached to an aromatic ring is 1. The van der Waals surface area contributed by atoms with E-state index >= 15 is 0 Å². The molecule has 0 atom stereocenters. The molecule has 0 heterocycles. The minimum Gasteiger partial charge on any atom is -0.398 e. The molecule has 104 valence electrons. The van der Waals surface area contributed by atoms with Gasteiger partial charge in [-0.25, -0.2) is 0 Å². The molecule has 0 spiro atoms. The van der Waals surface area contributed by atoms with Gasteiger partial charge < -0.3 is 16.8 Å². The number of alkyl halides is 3. The minimum absolute atomic E-state index is 0.0656. The SMILES string of the molecule is NC(=O)CCNC(=O)c1cc(C(F)(F)F)ccc1N. The van der Waals surface area contributed by atoms with E-state index in [2.05, 4.69) is 5.32 Å². The van der Waals surface area contributed by atoms with Gasteiger partial charge >= 0.3 is 6.18 Å². The molecule has 0 saturated carbocycles. The minimum atomic E-state index is -4.56. The zero-order valence-corrected chi connectivity index (χ0v) is 9.75. The number of carbonyl (C=O) groups is 2. The second kappa shape index (κ2) is 5.59. The number of carbonyl (C=O) groups excluding carboxylic acids is 2. The van der Waals surface area contributed by atoms with Crippen molar-refractivity contribution >= 4 is 17.5 Å². The van der Waals surface area contributed by atoms with Gasteiger partial charge in [-0.1, -0.05) is 0 Å². The monoisotopic (exact) mass is 275 g/mol. The highest BCUT2D eigenvalue weighted by atomic mass is 19.4. The average Bonchev–Trinajstić information content (AvgIpc) is 2.27. The van der Waals surface area contributed by atoms with E-state index in [0.717, 1.165) is 12.1 Å². The van der Waals surface area contributed by atoms with Crippen molar-refractivity contribution in [3.8, 4) is 0 Å². The Kier molecular flexibility index (Phi) is 4.36. The molecule has 0 radical (unpaired) electrons. The second-order valence-electron chi connectivity index (χ2n) is 3.77. The predicted octanol–water partition coefficient (Wildman–Crippen LogP) is 0.893. The lowest BCUT2D eigenvalue weighted by Gasteiger charge is -2.11. The molecule has 19 heavy (non-hydrogen) atoms. The van der Waals surface area contributed by atoms with Crippen molar-refractivity contribution in [3.63, 3.8) is 0 Å². The quantitative estimate of drug-likeness (QED) is 0.712. The molecule has 0 fully saturated rings. The Hall–Kier alpha value is -2.25. The first-order valence-corrected chi connectivity index (χ1v) is 5.25. The molecule has 1 aromatic rings. The van der Waals surface area contributed by atoms with Crippen LogP contribution in [-0.2, 0) is 11.0 Å². The number of anilines is 1. The molecule has 2 amide bonds. The Balaban J connectivity index is 2.87. The van der Waals surface area contributed by atoms with E-state index in [1.165, 1.54) is 0 Å². The van der Waals surface area contributed by atoms with E-state index < -0.39 is 23.6 Å². The van der Waals surface area contributed by atoms with Crippen LogP contribution in [0.5, 0.6) is 0 Å². The lowest BCUT2D eigenvalue weighted by atomic mass is 10.1. The van der Waals surface area contributed by atoms with Gasteiger partial charge in [-0.2, -0.15) is 13.2 Å². The molecule has 0 aliphatic heterocycles. The fraction of sp³-hybridized carbons (Fsp3) is 0.273. The molecule has 5 N–H and O–H groups in total. The first-order chi connectivity index (χ1) is 8.71. The molecule has 1 aromatic carbocycles. The summed E-state index contributed by atoms with van der Waals surface area (Å²) in [4.78, 5) is 22.1. The smallest absolute Gasteiger partial charge is 0.398 e. The number of benzene rings is 1. The van der Waals surface area contributed by atoms with Crippen molar-refractivity contribution in [3.05, 3.63) is 29.3 Å². The molecule has 0 aliphatic rings. The molecule has 0 saturated heterocycles. The Bertz CT molecular complexity index is 500. The van der Waals surface area contributed by atoms with Crippen molar-refractivity contribution in [2.75, 3.05) is 12.3 Å². The number of nitrogens with one attached hydrogen (secondary N) is 1. The van der Waals surface area contributed by atoms with E-state index in [-0.39, 0.29) is 24.2 Å². The maximum atomic E-state index is 12.5. The standard InChI is InChI=1S/C11H12F3N3O2/c12-11(13,14)6-1-2-8(15)7(5-6)10(19)17-4-3-9(16)18/h1-2,5H,3-4,15H2,(H2,16,18)(H,17,19). The first kappa shape index (κ1) is 14.8. The van der Waals surface area contributed by atoms with Crippen LogP contribution in [0.2, 0.25) is 0 Å². The molecular formula is C11H12F3N3O2. The maximum absolute atomic E-state index is 12.5. The number of nitrogens with two attached hydrogens (primary N) is 2. The molecule has 8 heteroatoms. The number of hydrogen-bond acceptors (Lipinski definition) is 3. The van der Waals surface area contributed by atoms with Crippen LogP contribution in [0.1, 0.15) is 22.3 Å². The summed E-state index contributed by atoms with van der Waals surface area (Å²) in [6.07, 6.45) is -4.67. The van der Waals surface area contributed by atoms with Gasteiger partial charge in [0.15, 0.2) is 0 Å². The van der Waals surface area contributed by atoms with Gasteiger partial charge in [-0.05, 0) is 18.2 Å². The Morgan fingerprint density at radius 2 is 1.89 bits per heavy atom. The van der Waals surface area contributed by atoms with Crippen LogP contribution in [0.25, 0.3) is 0 Å². The van der Waals surface area contributed by atoms with E-state index in [1.807, 2.05) is 0 Å². The third kappa shape index (κ3) is 4.16. The summed E-state index contributed by atoms with van der Waals surface area (Å²) in [7, 11) is 0. The van der Waals surface area contributed by atoms with E-state index in [0.29, 0.717) is 6.07 Å². The number of primary amides is 1. The van der Waals surface area contributed by atoms with Crippen LogP contribution in [0.3, 0.4) is 0 Å². The van der Waals surface area contributed by atoms with Crippen LogP contribution in [-0.4, -0.2) is 18.4 Å². The van der Waals surface area contributed by atoms with Crippen molar-refractivity contribution in [2.24, 2.45) is 5.73 Å². The third-order valence-electron chi connectivity index (χ3n) is 2.28. The highest BCUT2D eigenvalue weighted by molar-refractivity contribution is 5.99. The van der Waals surface area contributed by atoms with Gasteiger partial charge in [0.2, 0.25) is 5.91 Å². The summed E-state index contributed by atoms with van der Waals surface area (Å²) in [5.41, 5.74) is 8.97. The van der Waals surface area contributed by atoms with E-state index in [9.17, 15) is 22.8 Å². The highest BCUT2D eigenvalue weighted by Crippen LogP contribution is 2.31. The lowest BCUT2D eigenvalue weighted by molar-refractivity contribution is -0.137. The van der Waals surface area contributed by atoms with Gasteiger partial charge in [0.1, 0.15) is 0 Å².